The summed E-state index contributed by atoms with van der Waals surface area (Å²) in [6, 6.07) is 24.1. The van der Waals surface area contributed by atoms with Crippen molar-refractivity contribution in [2.75, 3.05) is 19.1 Å². The Morgan fingerprint density at radius 3 is 2.16 bits per heavy atom. The molecule has 3 aromatic rings. The van der Waals surface area contributed by atoms with E-state index in [1.165, 1.54) is 7.11 Å². The lowest BCUT2D eigenvalue weighted by molar-refractivity contribution is -0.113. The third-order valence-electron chi connectivity index (χ3n) is 5.04. The average molecular weight is 411 g/mol. The average Bonchev–Trinajstić information content (AvgIpc) is 3.15. The number of amides is 1. The quantitative estimate of drug-likeness (QED) is 0.440. The van der Waals surface area contributed by atoms with Gasteiger partial charge in [-0.3, -0.25) is 9.69 Å². The van der Waals surface area contributed by atoms with Gasteiger partial charge in [-0.25, -0.2) is 4.79 Å². The van der Waals surface area contributed by atoms with E-state index in [9.17, 15) is 9.59 Å². The highest BCUT2D eigenvalue weighted by Crippen LogP contribution is 2.35. The summed E-state index contributed by atoms with van der Waals surface area (Å²) in [4.78, 5) is 26.8. The fraction of sp³-hybridized carbons (Fsp3) is 0.0769. The van der Waals surface area contributed by atoms with Crippen LogP contribution in [-0.4, -0.2) is 26.1 Å². The number of esters is 1. The SMILES string of the molecule is COC(=O)c1ccc(N2C(=O)/C(=C/c3ccc(OC)cc3)C=C2c2ccccc2)cc1. The number of hydrogen-bond donors (Lipinski definition) is 0. The smallest absolute Gasteiger partial charge is 0.337 e. The molecule has 0 aliphatic carbocycles. The minimum absolute atomic E-state index is 0.138. The molecule has 0 saturated heterocycles. The highest BCUT2D eigenvalue weighted by atomic mass is 16.5. The number of hydrogen-bond acceptors (Lipinski definition) is 4. The Labute approximate surface area is 180 Å². The zero-order valence-corrected chi connectivity index (χ0v) is 17.2. The number of benzene rings is 3. The summed E-state index contributed by atoms with van der Waals surface area (Å²) in [6.45, 7) is 0. The molecule has 1 aliphatic rings. The Bertz CT molecular complexity index is 1160. The summed E-state index contributed by atoms with van der Waals surface area (Å²) in [5, 5.41) is 0. The number of carbonyl (C=O) groups is 2. The van der Waals surface area contributed by atoms with E-state index in [0.29, 0.717) is 16.8 Å². The third-order valence-corrected chi connectivity index (χ3v) is 5.04. The van der Waals surface area contributed by atoms with Gasteiger partial charge in [0.05, 0.1) is 25.5 Å². The van der Waals surface area contributed by atoms with E-state index in [0.717, 1.165) is 22.6 Å². The van der Waals surface area contributed by atoms with Crippen molar-refractivity contribution in [2.24, 2.45) is 0 Å². The van der Waals surface area contributed by atoms with Gasteiger partial charge in [-0.1, -0.05) is 42.5 Å². The van der Waals surface area contributed by atoms with Gasteiger partial charge in [0.1, 0.15) is 5.75 Å². The van der Waals surface area contributed by atoms with E-state index in [4.69, 9.17) is 9.47 Å². The maximum atomic E-state index is 13.4. The summed E-state index contributed by atoms with van der Waals surface area (Å²) in [5.74, 6) is 0.200. The molecule has 0 spiro atoms. The van der Waals surface area contributed by atoms with Crippen molar-refractivity contribution in [1.29, 1.82) is 0 Å². The van der Waals surface area contributed by atoms with Crippen LogP contribution in [0.4, 0.5) is 5.69 Å². The van der Waals surface area contributed by atoms with Gasteiger partial charge in [0.15, 0.2) is 0 Å². The molecule has 0 fully saturated rings. The summed E-state index contributed by atoms with van der Waals surface area (Å²) in [6.07, 6.45) is 3.74. The van der Waals surface area contributed by atoms with Crippen LogP contribution in [0.2, 0.25) is 0 Å². The molecule has 0 saturated carbocycles. The molecular formula is C26H21NO4. The predicted molar refractivity (Wildman–Crippen MR) is 121 cm³/mol. The standard InChI is InChI=1S/C26H21NO4/c1-30-23-14-8-18(9-15-23)16-21-17-24(19-6-4-3-5-7-19)27(25(21)28)22-12-10-20(11-13-22)26(29)31-2/h3-17H,1-2H3/b21-16+. The number of ether oxygens (including phenoxy) is 2. The maximum absolute atomic E-state index is 13.4. The van der Waals surface area contributed by atoms with Crippen LogP contribution in [0.25, 0.3) is 11.8 Å². The van der Waals surface area contributed by atoms with Gasteiger partial charge < -0.3 is 9.47 Å². The summed E-state index contributed by atoms with van der Waals surface area (Å²) in [5.41, 5.74) is 4.27. The van der Waals surface area contributed by atoms with Gasteiger partial charge in [0, 0.05) is 11.3 Å². The zero-order chi connectivity index (χ0) is 21.8. The molecule has 154 valence electrons. The van der Waals surface area contributed by atoms with Gasteiger partial charge in [0.25, 0.3) is 5.91 Å². The molecule has 31 heavy (non-hydrogen) atoms. The van der Waals surface area contributed by atoms with E-state index >= 15 is 0 Å². The minimum Gasteiger partial charge on any atom is -0.497 e. The van der Waals surface area contributed by atoms with Crippen molar-refractivity contribution in [3.05, 3.63) is 107 Å². The fourth-order valence-electron chi connectivity index (χ4n) is 3.44. The maximum Gasteiger partial charge on any atom is 0.337 e. The molecule has 0 unspecified atom stereocenters. The van der Waals surface area contributed by atoms with Crippen molar-refractivity contribution in [2.45, 2.75) is 0 Å². The summed E-state index contributed by atoms with van der Waals surface area (Å²) >= 11 is 0. The first-order valence-electron chi connectivity index (χ1n) is 9.76. The van der Waals surface area contributed by atoms with E-state index in [1.807, 2.05) is 66.7 Å². The van der Waals surface area contributed by atoms with Gasteiger partial charge >= 0.3 is 5.97 Å². The number of carbonyl (C=O) groups excluding carboxylic acids is 2. The molecule has 0 N–H and O–H groups in total. The molecular weight excluding hydrogens is 390 g/mol. The van der Waals surface area contributed by atoms with Crippen LogP contribution in [-0.2, 0) is 9.53 Å². The van der Waals surface area contributed by atoms with Crippen LogP contribution < -0.4 is 9.64 Å². The molecule has 1 heterocycles. The molecule has 4 rings (SSSR count). The van der Waals surface area contributed by atoms with Crippen LogP contribution in [0.5, 0.6) is 5.75 Å². The van der Waals surface area contributed by atoms with Crippen molar-refractivity contribution < 1.29 is 19.1 Å². The van der Waals surface area contributed by atoms with Crippen molar-refractivity contribution in [3.8, 4) is 5.75 Å². The molecule has 5 heteroatoms. The van der Waals surface area contributed by atoms with Gasteiger partial charge in [-0.05, 0) is 59.7 Å². The lowest BCUT2D eigenvalue weighted by Crippen LogP contribution is -2.25. The molecule has 1 amide bonds. The first-order chi connectivity index (χ1) is 15.1. The topological polar surface area (TPSA) is 55.8 Å². The molecule has 5 nitrogen and oxygen atoms in total. The molecule has 1 aliphatic heterocycles. The van der Waals surface area contributed by atoms with Crippen LogP contribution >= 0.6 is 0 Å². The highest BCUT2D eigenvalue weighted by molar-refractivity contribution is 6.23. The monoisotopic (exact) mass is 411 g/mol. The van der Waals surface area contributed by atoms with E-state index < -0.39 is 5.97 Å². The first-order valence-corrected chi connectivity index (χ1v) is 9.76. The second-order valence-electron chi connectivity index (χ2n) is 6.95. The summed E-state index contributed by atoms with van der Waals surface area (Å²) < 4.78 is 9.97. The van der Waals surface area contributed by atoms with Crippen LogP contribution in [0.1, 0.15) is 21.5 Å². The molecule has 0 radical (unpaired) electrons. The lowest BCUT2D eigenvalue weighted by Gasteiger charge is -2.21. The van der Waals surface area contributed by atoms with Gasteiger partial charge in [-0.2, -0.15) is 0 Å². The van der Waals surface area contributed by atoms with Crippen LogP contribution in [0.3, 0.4) is 0 Å². The first kappa shape index (κ1) is 20.2. The van der Waals surface area contributed by atoms with E-state index in [-0.39, 0.29) is 5.91 Å². The Morgan fingerprint density at radius 2 is 1.55 bits per heavy atom. The third kappa shape index (κ3) is 4.12. The Morgan fingerprint density at radius 1 is 0.871 bits per heavy atom. The van der Waals surface area contributed by atoms with Crippen molar-refractivity contribution in [1.82, 2.24) is 0 Å². The molecule has 0 aromatic heterocycles. The zero-order valence-electron chi connectivity index (χ0n) is 17.2. The molecule has 0 atom stereocenters. The van der Waals surface area contributed by atoms with Crippen LogP contribution in [0, 0.1) is 0 Å². The Balaban J connectivity index is 1.75. The predicted octanol–water partition coefficient (Wildman–Crippen LogP) is 4.95. The normalized spacial score (nSPS) is 14.5. The second kappa shape index (κ2) is 8.71. The molecule has 0 bridgehead atoms. The Hall–Kier alpha value is -4.12. The van der Waals surface area contributed by atoms with Crippen molar-refractivity contribution >= 4 is 29.3 Å². The number of rotatable bonds is 5. The minimum atomic E-state index is -0.418. The second-order valence-corrected chi connectivity index (χ2v) is 6.95. The van der Waals surface area contributed by atoms with Gasteiger partial charge in [0.2, 0.25) is 0 Å². The van der Waals surface area contributed by atoms with Crippen molar-refractivity contribution in [3.63, 3.8) is 0 Å². The van der Waals surface area contributed by atoms with E-state index in [2.05, 4.69) is 0 Å². The largest absolute Gasteiger partial charge is 0.497 e. The van der Waals surface area contributed by atoms with E-state index in [1.54, 1.807) is 36.3 Å². The van der Waals surface area contributed by atoms with Gasteiger partial charge in [-0.15, -0.1) is 0 Å². The summed E-state index contributed by atoms with van der Waals surface area (Å²) in [7, 11) is 2.96. The Kier molecular flexibility index (Phi) is 5.67. The lowest BCUT2D eigenvalue weighted by atomic mass is 10.1. The van der Waals surface area contributed by atoms with Crippen LogP contribution in [0.15, 0.2) is 90.5 Å². The number of methoxy groups -OCH3 is 2. The number of anilines is 1. The number of nitrogens with zero attached hydrogens (tertiary/aromatic N) is 1. The highest BCUT2D eigenvalue weighted by Gasteiger charge is 2.30. The fourth-order valence-corrected chi connectivity index (χ4v) is 3.44. The molecule has 3 aromatic carbocycles.